The normalized spacial score (nSPS) is 16.3. The standard InChI is InChI=1S/C19H22FN3O3S/c1-13-5-8-21-18(11-13)22-19(24)15-6-9-23(10-7-15)27(25,26)17-4-3-16(20)12-14(17)2/h3-5,8,11-12,15H,6-7,9-10H2,1-2H3,(H,21,22,24). The summed E-state index contributed by atoms with van der Waals surface area (Å²) in [6.45, 7) is 3.99. The van der Waals surface area contributed by atoms with Crippen LogP contribution in [0.25, 0.3) is 0 Å². The van der Waals surface area contributed by atoms with Gasteiger partial charge in [-0.3, -0.25) is 4.79 Å². The Morgan fingerprint density at radius 1 is 1.19 bits per heavy atom. The summed E-state index contributed by atoms with van der Waals surface area (Å²) >= 11 is 0. The summed E-state index contributed by atoms with van der Waals surface area (Å²) in [5.41, 5.74) is 1.37. The average molecular weight is 391 g/mol. The zero-order valence-corrected chi connectivity index (χ0v) is 16.1. The smallest absolute Gasteiger partial charge is 0.243 e. The number of hydrogen-bond acceptors (Lipinski definition) is 4. The molecule has 0 radical (unpaired) electrons. The van der Waals surface area contributed by atoms with Crippen LogP contribution < -0.4 is 5.32 Å². The molecule has 0 atom stereocenters. The van der Waals surface area contributed by atoms with Crippen LogP contribution in [0.4, 0.5) is 10.2 Å². The first-order chi connectivity index (χ1) is 12.8. The lowest BCUT2D eigenvalue weighted by molar-refractivity contribution is -0.120. The number of nitrogens with zero attached hydrogens (tertiary/aromatic N) is 2. The van der Waals surface area contributed by atoms with Gasteiger partial charge in [0.15, 0.2) is 0 Å². The van der Waals surface area contributed by atoms with Crippen LogP contribution >= 0.6 is 0 Å². The van der Waals surface area contributed by atoms with Crippen LogP contribution in [0.3, 0.4) is 0 Å². The van der Waals surface area contributed by atoms with Crippen LogP contribution in [0.5, 0.6) is 0 Å². The zero-order chi connectivity index (χ0) is 19.6. The number of halogens is 1. The lowest BCUT2D eigenvalue weighted by atomic mass is 9.97. The molecule has 3 rings (SSSR count). The molecule has 1 fully saturated rings. The first-order valence-electron chi connectivity index (χ1n) is 8.77. The van der Waals surface area contributed by atoms with Gasteiger partial charge in [-0.15, -0.1) is 0 Å². The van der Waals surface area contributed by atoms with Crippen molar-refractivity contribution in [2.45, 2.75) is 31.6 Å². The second-order valence-electron chi connectivity index (χ2n) is 6.80. The first kappa shape index (κ1) is 19.4. The van der Waals surface area contributed by atoms with Gasteiger partial charge in [0.1, 0.15) is 11.6 Å². The molecule has 144 valence electrons. The molecule has 2 aromatic rings. The first-order valence-corrected chi connectivity index (χ1v) is 10.2. The number of benzene rings is 1. The van der Waals surface area contributed by atoms with Crippen molar-refractivity contribution < 1.29 is 17.6 Å². The number of pyridine rings is 1. The Labute approximate surface area is 158 Å². The number of hydrogen-bond donors (Lipinski definition) is 1. The Bertz CT molecular complexity index is 954. The van der Waals surface area contributed by atoms with Crippen molar-refractivity contribution in [3.05, 3.63) is 53.5 Å². The SMILES string of the molecule is Cc1ccnc(NC(=O)C2CCN(S(=O)(=O)c3ccc(F)cc3C)CC2)c1. The number of sulfonamides is 1. The Balaban J connectivity index is 1.65. The van der Waals surface area contributed by atoms with E-state index in [1.54, 1.807) is 19.2 Å². The van der Waals surface area contributed by atoms with E-state index < -0.39 is 15.8 Å². The summed E-state index contributed by atoms with van der Waals surface area (Å²) < 4.78 is 40.3. The molecular formula is C19H22FN3O3S. The molecule has 0 aliphatic carbocycles. The van der Waals surface area contributed by atoms with E-state index >= 15 is 0 Å². The Morgan fingerprint density at radius 2 is 1.89 bits per heavy atom. The Kier molecular flexibility index (Phi) is 5.57. The number of amides is 1. The summed E-state index contributed by atoms with van der Waals surface area (Å²) in [5.74, 6) is -0.389. The van der Waals surface area contributed by atoms with E-state index in [4.69, 9.17) is 0 Å². The molecule has 6 nitrogen and oxygen atoms in total. The molecule has 0 unspecified atom stereocenters. The maximum atomic E-state index is 13.3. The molecule has 1 N–H and O–H groups in total. The highest BCUT2D eigenvalue weighted by Crippen LogP contribution is 2.26. The number of carbonyl (C=O) groups is 1. The highest BCUT2D eigenvalue weighted by molar-refractivity contribution is 7.89. The van der Waals surface area contributed by atoms with Crippen molar-refractivity contribution >= 4 is 21.7 Å². The number of nitrogens with one attached hydrogen (secondary N) is 1. The van der Waals surface area contributed by atoms with E-state index in [9.17, 15) is 17.6 Å². The third kappa shape index (κ3) is 4.33. The largest absolute Gasteiger partial charge is 0.310 e. The van der Waals surface area contributed by atoms with E-state index in [1.165, 1.54) is 16.4 Å². The summed E-state index contributed by atoms with van der Waals surface area (Å²) in [5, 5.41) is 2.79. The van der Waals surface area contributed by atoms with Gasteiger partial charge in [0.2, 0.25) is 15.9 Å². The van der Waals surface area contributed by atoms with Gasteiger partial charge in [-0.2, -0.15) is 4.31 Å². The van der Waals surface area contributed by atoms with Crippen LogP contribution in [0.15, 0.2) is 41.4 Å². The summed E-state index contributed by atoms with van der Waals surface area (Å²) in [6.07, 6.45) is 2.49. The van der Waals surface area contributed by atoms with Gasteiger partial charge in [0.25, 0.3) is 0 Å². The minimum atomic E-state index is -3.70. The van der Waals surface area contributed by atoms with Gasteiger partial charge in [-0.05, 0) is 68.1 Å². The number of carbonyl (C=O) groups excluding carboxylic acids is 1. The second kappa shape index (κ2) is 7.74. The molecule has 1 aliphatic heterocycles. The summed E-state index contributed by atoms with van der Waals surface area (Å²) in [4.78, 5) is 16.7. The van der Waals surface area contributed by atoms with Crippen molar-refractivity contribution in [1.29, 1.82) is 0 Å². The molecule has 0 spiro atoms. The van der Waals surface area contributed by atoms with Crippen LogP contribution in [-0.4, -0.2) is 36.7 Å². The van der Waals surface area contributed by atoms with Crippen molar-refractivity contribution in [3.63, 3.8) is 0 Å². The quantitative estimate of drug-likeness (QED) is 0.869. The highest BCUT2D eigenvalue weighted by atomic mass is 32.2. The third-order valence-electron chi connectivity index (χ3n) is 4.75. The minimum absolute atomic E-state index is 0.107. The fraction of sp³-hybridized carbons (Fsp3) is 0.368. The number of aryl methyl sites for hydroxylation is 2. The van der Waals surface area contributed by atoms with Crippen molar-refractivity contribution in [2.24, 2.45) is 5.92 Å². The van der Waals surface area contributed by atoms with Crippen LogP contribution in [0.1, 0.15) is 24.0 Å². The lowest BCUT2D eigenvalue weighted by Gasteiger charge is -2.30. The van der Waals surface area contributed by atoms with Gasteiger partial charge in [0.05, 0.1) is 4.90 Å². The average Bonchev–Trinajstić information content (AvgIpc) is 2.61. The van der Waals surface area contributed by atoms with Gasteiger partial charge in [-0.25, -0.2) is 17.8 Å². The lowest BCUT2D eigenvalue weighted by Crippen LogP contribution is -2.41. The number of anilines is 1. The summed E-state index contributed by atoms with van der Waals surface area (Å²) in [7, 11) is -3.70. The molecule has 0 saturated carbocycles. The van der Waals surface area contributed by atoms with Gasteiger partial charge in [-0.1, -0.05) is 0 Å². The molecule has 1 aromatic carbocycles. The van der Waals surface area contributed by atoms with Gasteiger partial charge >= 0.3 is 0 Å². The van der Waals surface area contributed by atoms with E-state index in [0.717, 1.165) is 11.6 Å². The van der Waals surface area contributed by atoms with Crippen molar-refractivity contribution in [1.82, 2.24) is 9.29 Å². The van der Waals surface area contributed by atoms with E-state index in [0.29, 0.717) is 24.2 Å². The monoisotopic (exact) mass is 391 g/mol. The van der Waals surface area contributed by atoms with Crippen LogP contribution in [0, 0.1) is 25.6 Å². The molecular weight excluding hydrogens is 369 g/mol. The van der Waals surface area contributed by atoms with E-state index in [-0.39, 0.29) is 29.8 Å². The van der Waals surface area contributed by atoms with E-state index in [1.807, 2.05) is 13.0 Å². The Morgan fingerprint density at radius 3 is 2.52 bits per heavy atom. The van der Waals surface area contributed by atoms with Crippen molar-refractivity contribution in [2.75, 3.05) is 18.4 Å². The Hall–Kier alpha value is -2.32. The number of aromatic nitrogens is 1. The third-order valence-corrected chi connectivity index (χ3v) is 6.81. The van der Waals surface area contributed by atoms with E-state index in [2.05, 4.69) is 10.3 Å². The number of piperidine rings is 1. The molecule has 0 bridgehead atoms. The maximum absolute atomic E-state index is 13.3. The number of rotatable bonds is 4. The predicted molar refractivity (Wildman–Crippen MR) is 100 cm³/mol. The molecule has 1 saturated heterocycles. The topological polar surface area (TPSA) is 79.4 Å². The van der Waals surface area contributed by atoms with Gasteiger partial charge in [0, 0.05) is 25.2 Å². The minimum Gasteiger partial charge on any atom is -0.310 e. The molecule has 27 heavy (non-hydrogen) atoms. The maximum Gasteiger partial charge on any atom is 0.243 e. The fourth-order valence-electron chi connectivity index (χ4n) is 3.23. The molecule has 1 aliphatic rings. The zero-order valence-electron chi connectivity index (χ0n) is 15.3. The predicted octanol–water partition coefficient (Wildman–Crippen LogP) is 2.88. The second-order valence-corrected chi connectivity index (χ2v) is 8.70. The fourth-order valence-corrected chi connectivity index (χ4v) is 4.91. The molecule has 2 heterocycles. The highest BCUT2D eigenvalue weighted by Gasteiger charge is 2.33. The molecule has 8 heteroatoms. The van der Waals surface area contributed by atoms with Crippen LogP contribution in [0.2, 0.25) is 0 Å². The summed E-state index contributed by atoms with van der Waals surface area (Å²) in [6, 6.07) is 7.28. The van der Waals surface area contributed by atoms with Crippen LogP contribution in [-0.2, 0) is 14.8 Å². The van der Waals surface area contributed by atoms with Crippen molar-refractivity contribution in [3.8, 4) is 0 Å². The van der Waals surface area contributed by atoms with Gasteiger partial charge < -0.3 is 5.32 Å². The molecule has 1 aromatic heterocycles. The molecule has 1 amide bonds.